The van der Waals surface area contributed by atoms with Crippen LogP contribution >= 0.6 is 15.9 Å². The van der Waals surface area contributed by atoms with Crippen LogP contribution in [-0.4, -0.2) is 15.1 Å². The summed E-state index contributed by atoms with van der Waals surface area (Å²) in [4.78, 5) is 7.44. The molecule has 0 spiro atoms. The number of aryl methyl sites for hydroxylation is 1. The van der Waals surface area contributed by atoms with Crippen LogP contribution in [0.5, 0.6) is 5.75 Å². The Hall–Kier alpha value is -1.88. The number of benzene rings is 2. The molecule has 0 fully saturated rings. The summed E-state index contributed by atoms with van der Waals surface area (Å²) in [5, 5.41) is 9.72. The van der Waals surface area contributed by atoms with Crippen LogP contribution in [0.2, 0.25) is 0 Å². The first-order valence-electron chi connectivity index (χ1n) is 5.69. The van der Waals surface area contributed by atoms with Crippen LogP contribution in [0.1, 0.15) is 5.56 Å². The van der Waals surface area contributed by atoms with E-state index in [1.165, 1.54) is 6.07 Å². The van der Waals surface area contributed by atoms with Gasteiger partial charge in [0.2, 0.25) is 0 Å². The minimum Gasteiger partial charge on any atom is -0.508 e. The highest BCUT2D eigenvalue weighted by molar-refractivity contribution is 9.10. The summed E-state index contributed by atoms with van der Waals surface area (Å²) < 4.78 is 13.8. The Kier molecular flexibility index (Phi) is 2.78. The first kappa shape index (κ1) is 12.2. The number of H-pyrrole nitrogens is 1. The SMILES string of the molecule is Cc1ccc(-c2nc3cc(Br)c(F)cc3[nH]2)cc1O. The van der Waals surface area contributed by atoms with Gasteiger partial charge in [0.25, 0.3) is 0 Å². The van der Waals surface area contributed by atoms with Crippen LogP contribution in [0.25, 0.3) is 22.4 Å². The highest BCUT2D eigenvalue weighted by atomic mass is 79.9. The number of phenols is 1. The Morgan fingerprint density at radius 2 is 2.05 bits per heavy atom. The van der Waals surface area contributed by atoms with Crippen molar-refractivity contribution in [2.75, 3.05) is 0 Å². The van der Waals surface area contributed by atoms with Crippen molar-refractivity contribution in [3.05, 3.63) is 46.2 Å². The molecule has 5 heteroatoms. The fourth-order valence-electron chi connectivity index (χ4n) is 1.90. The van der Waals surface area contributed by atoms with Gasteiger partial charge in [-0.2, -0.15) is 0 Å². The summed E-state index contributed by atoms with van der Waals surface area (Å²) in [5.74, 6) is 0.475. The molecule has 96 valence electrons. The van der Waals surface area contributed by atoms with E-state index in [0.717, 1.165) is 11.1 Å². The Morgan fingerprint density at radius 3 is 2.79 bits per heavy atom. The first-order chi connectivity index (χ1) is 9.04. The molecular formula is C14H10BrFN2O. The van der Waals surface area contributed by atoms with Crippen LogP contribution in [0.3, 0.4) is 0 Å². The van der Waals surface area contributed by atoms with Crippen molar-refractivity contribution in [3.8, 4) is 17.1 Å². The largest absolute Gasteiger partial charge is 0.508 e. The average molecular weight is 321 g/mol. The molecule has 0 amide bonds. The molecule has 3 aromatic rings. The van der Waals surface area contributed by atoms with Crippen LogP contribution in [0.4, 0.5) is 4.39 Å². The summed E-state index contributed by atoms with van der Waals surface area (Å²) in [6.45, 7) is 1.82. The Balaban J connectivity index is 2.17. The van der Waals surface area contributed by atoms with Crippen molar-refractivity contribution in [2.24, 2.45) is 0 Å². The molecule has 1 aromatic heterocycles. The standard InChI is InChI=1S/C14H10BrFN2O/c1-7-2-3-8(4-13(7)19)14-17-11-5-9(15)10(16)6-12(11)18-14/h2-6,19H,1H3,(H,17,18). The molecule has 2 N–H and O–H groups in total. The molecule has 3 rings (SSSR count). The van der Waals surface area contributed by atoms with Gasteiger partial charge in [0.15, 0.2) is 0 Å². The number of imidazole rings is 1. The van der Waals surface area contributed by atoms with Gasteiger partial charge in [-0.05, 0) is 40.5 Å². The quantitative estimate of drug-likeness (QED) is 0.707. The van der Waals surface area contributed by atoms with E-state index in [0.29, 0.717) is 21.3 Å². The maximum atomic E-state index is 13.4. The summed E-state index contributed by atoms with van der Waals surface area (Å²) in [6.07, 6.45) is 0. The molecule has 0 aliphatic carbocycles. The molecule has 0 bridgehead atoms. The van der Waals surface area contributed by atoms with Crippen molar-refractivity contribution in [3.63, 3.8) is 0 Å². The number of fused-ring (bicyclic) bond motifs is 1. The number of aromatic nitrogens is 2. The fourth-order valence-corrected chi connectivity index (χ4v) is 2.23. The minimum atomic E-state index is -0.338. The predicted octanol–water partition coefficient (Wildman–Crippen LogP) is 4.15. The second-order valence-electron chi connectivity index (χ2n) is 4.37. The van der Waals surface area contributed by atoms with E-state index in [9.17, 15) is 9.50 Å². The average Bonchev–Trinajstić information content (AvgIpc) is 2.76. The zero-order chi connectivity index (χ0) is 13.6. The third-order valence-electron chi connectivity index (χ3n) is 3.01. The maximum Gasteiger partial charge on any atom is 0.139 e. The first-order valence-corrected chi connectivity index (χ1v) is 6.48. The number of nitrogens with one attached hydrogen (secondary N) is 1. The van der Waals surface area contributed by atoms with Gasteiger partial charge in [-0.3, -0.25) is 0 Å². The highest BCUT2D eigenvalue weighted by Gasteiger charge is 2.09. The van der Waals surface area contributed by atoms with Crippen LogP contribution in [-0.2, 0) is 0 Å². The van der Waals surface area contributed by atoms with E-state index in [2.05, 4.69) is 25.9 Å². The number of phenolic OH excluding ortho intramolecular Hbond substituents is 1. The van der Waals surface area contributed by atoms with Gasteiger partial charge >= 0.3 is 0 Å². The van der Waals surface area contributed by atoms with E-state index in [-0.39, 0.29) is 11.6 Å². The number of rotatable bonds is 1. The molecule has 1 heterocycles. The number of nitrogens with zero attached hydrogens (tertiary/aromatic N) is 1. The number of halogens is 2. The van der Waals surface area contributed by atoms with E-state index in [1.54, 1.807) is 12.1 Å². The summed E-state index contributed by atoms with van der Waals surface area (Å²) in [5.41, 5.74) is 2.85. The van der Waals surface area contributed by atoms with Crippen molar-refractivity contribution in [1.29, 1.82) is 0 Å². The van der Waals surface area contributed by atoms with Gasteiger partial charge in [0.1, 0.15) is 17.4 Å². The number of aromatic hydroxyl groups is 1. The topological polar surface area (TPSA) is 48.9 Å². The third kappa shape index (κ3) is 2.10. The lowest BCUT2D eigenvalue weighted by Crippen LogP contribution is -1.81. The van der Waals surface area contributed by atoms with Gasteiger partial charge in [-0.1, -0.05) is 12.1 Å². The van der Waals surface area contributed by atoms with E-state index >= 15 is 0 Å². The molecule has 0 atom stereocenters. The molecule has 0 aliphatic rings. The van der Waals surface area contributed by atoms with E-state index < -0.39 is 0 Å². The summed E-state index contributed by atoms with van der Waals surface area (Å²) in [6, 6.07) is 8.33. The van der Waals surface area contributed by atoms with Crippen molar-refractivity contribution < 1.29 is 9.50 Å². The molecule has 3 nitrogen and oxygen atoms in total. The number of hydrogen-bond acceptors (Lipinski definition) is 2. The molecular weight excluding hydrogens is 311 g/mol. The van der Waals surface area contributed by atoms with E-state index in [1.807, 2.05) is 19.1 Å². The lowest BCUT2D eigenvalue weighted by molar-refractivity contribution is 0.471. The maximum absolute atomic E-state index is 13.4. The fraction of sp³-hybridized carbons (Fsp3) is 0.0714. The molecule has 0 saturated heterocycles. The smallest absolute Gasteiger partial charge is 0.139 e. The highest BCUT2D eigenvalue weighted by Crippen LogP contribution is 2.28. The lowest BCUT2D eigenvalue weighted by Gasteiger charge is -2.00. The molecule has 0 aliphatic heterocycles. The number of hydrogen-bond donors (Lipinski definition) is 2. The van der Waals surface area contributed by atoms with Crippen molar-refractivity contribution in [2.45, 2.75) is 6.92 Å². The van der Waals surface area contributed by atoms with E-state index in [4.69, 9.17) is 0 Å². The molecule has 0 radical (unpaired) electrons. The third-order valence-corrected chi connectivity index (χ3v) is 3.61. The molecule has 19 heavy (non-hydrogen) atoms. The second-order valence-corrected chi connectivity index (χ2v) is 5.22. The zero-order valence-electron chi connectivity index (χ0n) is 10.0. The summed E-state index contributed by atoms with van der Waals surface area (Å²) >= 11 is 3.13. The second kappa shape index (κ2) is 4.35. The molecule has 0 unspecified atom stereocenters. The lowest BCUT2D eigenvalue weighted by atomic mass is 10.1. The van der Waals surface area contributed by atoms with Crippen molar-refractivity contribution >= 4 is 27.0 Å². The Labute approximate surface area is 117 Å². The molecule has 0 saturated carbocycles. The normalized spacial score (nSPS) is 11.1. The Morgan fingerprint density at radius 1 is 1.26 bits per heavy atom. The zero-order valence-corrected chi connectivity index (χ0v) is 11.6. The van der Waals surface area contributed by atoms with Gasteiger partial charge in [0.05, 0.1) is 15.5 Å². The van der Waals surface area contributed by atoms with Crippen LogP contribution in [0, 0.1) is 12.7 Å². The minimum absolute atomic E-state index is 0.213. The van der Waals surface area contributed by atoms with Crippen LogP contribution in [0.15, 0.2) is 34.8 Å². The van der Waals surface area contributed by atoms with Gasteiger partial charge < -0.3 is 10.1 Å². The van der Waals surface area contributed by atoms with Gasteiger partial charge in [0, 0.05) is 11.6 Å². The Bertz CT molecular complexity index is 743. The number of aromatic amines is 1. The van der Waals surface area contributed by atoms with Gasteiger partial charge in [-0.25, -0.2) is 9.37 Å². The van der Waals surface area contributed by atoms with Crippen molar-refractivity contribution in [1.82, 2.24) is 9.97 Å². The van der Waals surface area contributed by atoms with Crippen LogP contribution < -0.4 is 0 Å². The van der Waals surface area contributed by atoms with Gasteiger partial charge in [-0.15, -0.1) is 0 Å². The monoisotopic (exact) mass is 320 g/mol. The summed E-state index contributed by atoms with van der Waals surface area (Å²) in [7, 11) is 0. The predicted molar refractivity (Wildman–Crippen MR) is 75.6 cm³/mol. The molecule has 2 aromatic carbocycles.